The molecule has 0 fully saturated rings. The molecule has 0 spiro atoms. The molecule has 1 N–H and O–H groups in total. The lowest BCUT2D eigenvalue weighted by atomic mass is 10.2. The highest BCUT2D eigenvalue weighted by atomic mass is 35.5. The summed E-state index contributed by atoms with van der Waals surface area (Å²) in [6.45, 7) is 0.417. The maximum atomic E-state index is 12.9. The first kappa shape index (κ1) is 17.9. The van der Waals surface area contributed by atoms with Crippen molar-refractivity contribution in [3.05, 3.63) is 76.6 Å². The van der Waals surface area contributed by atoms with E-state index in [0.717, 1.165) is 17.7 Å². The van der Waals surface area contributed by atoms with Crippen molar-refractivity contribution in [2.45, 2.75) is 12.7 Å². The molecular formula is C17H12ClF3N4O. The van der Waals surface area contributed by atoms with Crippen molar-refractivity contribution >= 4 is 23.2 Å². The third-order valence-corrected chi connectivity index (χ3v) is 3.82. The summed E-state index contributed by atoms with van der Waals surface area (Å²) in [4.78, 5) is 12.2. The molecule has 3 rings (SSSR count). The third kappa shape index (κ3) is 4.20. The van der Waals surface area contributed by atoms with Gasteiger partial charge in [-0.1, -0.05) is 47.1 Å². The summed E-state index contributed by atoms with van der Waals surface area (Å²) in [5.74, 6) is -0.667. The van der Waals surface area contributed by atoms with Gasteiger partial charge in [0.15, 0.2) is 5.69 Å². The van der Waals surface area contributed by atoms with Crippen LogP contribution in [0.25, 0.3) is 0 Å². The molecule has 1 heterocycles. The van der Waals surface area contributed by atoms with Gasteiger partial charge in [-0.3, -0.25) is 4.79 Å². The zero-order valence-corrected chi connectivity index (χ0v) is 13.9. The number of nitrogens with one attached hydrogen (secondary N) is 1. The molecule has 9 heteroatoms. The standard InChI is InChI=1S/C17H12ClF3N4O/c18-14-7-6-12(8-13(14)17(19,20)21)22-16(26)15-10-25(24-23-15)9-11-4-2-1-3-5-11/h1-8,10H,9H2,(H,22,26). The average Bonchev–Trinajstić information content (AvgIpc) is 3.05. The molecule has 0 aliphatic heterocycles. The first-order chi connectivity index (χ1) is 12.3. The number of amides is 1. The van der Waals surface area contributed by atoms with E-state index in [1.54, 1.807) is 0 Å². The first-order valence-electron chi connectivity index (χ1n) is 7.45. The average molecular weight is 381 g/mol. The molecule has 26 heavy (non-hydrogen) atoms. The largest absolute Gasteiger partial charge is 0.417 e. The van der Waals surface area contributed by atoms with E-state index < -0.39 is 22.7 Å². The van der Waals surface area contributed by atoms with Crippen LogP contribution >= 0.6 is 11.6 Å². The molecule has 0 aliphatic carbocycles. The maximum absolute atomic E-state index is 12.9. The molecule has 0 atom stereocenters. The van der Waals surface area contributed by atoms with Crippen molar-refractivity contribution in [2.24, 2.45) is 0 Å². The predicted octanol–water partition coefficient (Wildman–Crippen LogP) is 4.25. The van der Waals surface area contributed by atoms with E-state index in [9.17, 15) is 18.0 Å². The number of rotatable bonds is 4. The fourth-order valence-corrected chi connectivity index (χ4v) is 2.49. The zero-order chi connectivity index (χ0) is 18.7. The van der Waals surface area contributed by atoms with Crippen LogP contribution in [0.3, 0.4) is 0 Å². The quantitative estimate of drug-likeness (QED) is 0.736. The Labute approximate surface area is 151 Å². The number of nitrogens with zero attached hydrogens (tertiary/aromatic N) is 3. The molecule has 0 unspecified atom stereocenters. The Bertz CT molecular complexity index is 925. The molecule has 0 radical (unpaired) electrons. The van der Waals surface area contributed by atoms with Crippen LogP contribution in [0.2, 0.25) is 5.02 Å². The van der Waals surface area contributed by atoms with Gasteiger partial charge in [0.25, 0.3) is 5.91 Å². The molecule has 3 aromatic rings. The smallest absolute Gasteiger partial charge is 0.321 e. The van der Waals surface area contributed by atoms with Gasteiger partial charge in [0.2, 0.25) is 0 Å². The molecular weight excluding hydrogens is 369 g/mol. The number of benzene rings is 2. The van der Waals surface area contributed by atoms with E-state index in [1.165, 1.54) is 16.9 Å². The summed E-state index contributed by atoms with van der Waals surface area (Å²) in [6, 6.07) is 12.6. The molecule has 0 saturated carbocycles. The second kappa shape index (κ2) is 7.17. The second-order valence-corrected chi connectivity index (χ2v) is 5.84. The van der Waals surface area contributed by atoms with E-state index in [0.29, 0.717) is 6.54 Å². The summed E-state index contributed by atoms with van der Waals surface area (Å²) >= 11 is 5.56. The maximum Gasteiger partial charge on any atom is 0.417 e. The minimum Gasteiger partial charge on any atom is -0.321 e. The van der Waals surface area contributed by atoms with Crippen molar-refractivity contribution in [2.75, 3.05) is 5.32 Å². The van der Waals surface area contributed by atoms with Crippen LogP contribution in [-0.2, 0) is 12.7 Å². The highest BCUT2D eigenvalue weighted by Gasteiger charge is 2.33. The highest BCUT2D eigenvalue weighted by molar-refractivity contribution is 6.31. The summed E-state index contributed by atoms with van der Waals surface area (Å²) in [6.07, 6.45) is -3.19. The molecule has 5 nitrogen and oxygen atoms in total. The van der Waals surface area contributed by atoms with Gasteiger partial charge < -0.3 is 5.32 Å². The first-order valence-corrected chi connectivity index (χ1v) is 7.83. The van der Waals surface area contributed by atoms with Gasteiger partial charge in [-0.2, -0.15) is 13.2 Å². The summed E-state index contributed by atoms with van der Waals surface area (Å²) in [7, 11) is 0. The number of hydrogen-bond donors (Lipinski definition) is 1. The van der Waals surface area contributed by atoms with Crippen LogP contribution in [0.15, 0.2) is 54.7 Å². The van der Waals surface area contributed by atoms with Crippen LogP contribution in [0.4, 0.5) is 18.9 Å². The lowest BCUT2D eigenvalue weighted by Crippen LogP contribution is -2.14. The van der Waals surface area contributed by atoms with E-state index in [2.05, 4.69) is 15.6 Å². The topological polar surface area (TPSA) is 59.8 Å². The van der Waals surface area contributed by atoms with Gasteiger partial charge >= 0.3 is 6.18 Å². The molecule has 134 valence electrons. The van der Waals surface area contributed by atoms with Crippen LogP contribution in [0.1, 0.15) is 21.6 Å². The fourth-order valence-electron chi connectivity index (χ4n) is 2.27. The molecule has 1 amide bonds. The van der Waals surface area contributed by atoms with Crippen molar-refractivity contribution in [3.63, 3.8) is 0 Å². The molecule has 1 aromatic heterocycles. The predicted molar refractivity (Wildman–Crippen MR) is 90.0 cm³/mol. The second-order valence-electron chi connectivity index (χ2n) is 5.43. The Balaban J connectivity index is 1.73. The minimum absolute atomic E-state index is 0.00978. The summed E-state index contributed by atoms with van der Waals surface area (Å²) in [5, 5.41) is 9.52. The molecule has 0 saturated heterocycles. The van der Waals surface area contributed by atoms with Gasteiger partial charge in [0, 0.05) is 5.69 Å². The van der Waals surface area contributed by atoms with E-state index in [1.807, 2.05) is 30.3 Å². The van der Waals surface area contributed by atoms with Gasteiger partial charge in [0.1, 0.15) is 0 Å². The van der Waals surface area contributed by atoms with Gasteiger partial charge in [-0.05, 0) is 23.8 Å². The van der Waals surface area contributed by atoms with Gasteiger partial charge in [-0.25, -0.2) is 4.68 Å². The lowest BCUT2D eigenvalue weighted by Gasteiger charge is -2.11. The number of hydrogen-bond acceptors (Lipinski definition) is 3. The van der Waals surface area contributed by atoms with Gasteiger partial charge in [-0.15, -0.1) is 5.10 Å². The minimum atomic E-state index is -4.61. The van der Waals surface area contributed by atoms with Gasteiger partial charge in [0.05, 0.1) is 23.3 Å². The van der Waals surface area contributed by atoms with Crippen molar-refractivity contribution in [1.82, 2.24) is 15.0 Å². The number of anilines is 1. The summed E-state index contributed by atoms with van der Waals surface area (Å²) in [5.41, 5.74) is -0.102. The Morgan fingerprint density at radius 3 is 2.58 bits per heavy atom. The monoisotopic (exact) mass is 380 g/mol. The number of alkyl halides is 3. The number of carbonyl (C=O) groups is 1. The third-order valence-electron chi connectivity index (χ3n) is 3.49. The van der Waals surface area contributed by atoms with E-state index >= 15 is 0 Å². The number of carbonyl (C=O) groups excluding carboxylic acids is 1. The van der Waals surface area contributed by atoms with Crippen LogP contribution < -0.4 is 5.32 Å². The summed E-state index contributed by atoms with van der Waals surface area (Å²) < 4.78 is 40.1. The molecule has 0 bridgehead atoms. The lowest BCUT2D eigenvalue weighted by molar-refractivity contribution is -0.137. The highest BCUT2D eigenvalue weighted by Crippen LogP contribution is 2.36. The van der Waals surface area contributed by atoms with E-state index in [4.69, 9.17) is 11.6 Å². The Morgan fingerprint density at radius 2 is 1.88 bits per heavy atom. The van der Waals surface area contributed by atoms with Crippen molar-refractivity contribution < 1.29 is 18.0 Å². The Hall–Kier alpha value is -2.87. The molecule has 2 aromatic carbocycles. The van der Waals surface area contributed by atoms with E-state index in [-0.39, 0.29) is 11.4 Å². The van der Waals surface area contributed by atoms with Crippen molar-refractivity contribution in [3.8, 4) is 0 Å². The normalized spacial score (nSPS) is 11.4. The SMILES string of the molecule is O=C(Nc1ccc(Cl)c(C(F)(F)F)c1)c1cn(Cc2ccccc2)nn1. The number of halogens is 4. The number of aromatic nitrogens is 3. The zero-order valence-electron chi connectivity index (χ0n) is 13.2. The van der Waals surface area contributed by atoms with Crippen LogP contribution in [0.5, 0.6) is 0 Å². The molecule has 0 aliphatic rings. The van der Waals surface area contributed by atoms with Crippen molar-refractivity contribution in [1.29, 1.82) is 0 Å². The fraction of sp³-hybridized carbons (Fsp3) is 0.118. The Morgan fingerprint density at radius 1 is 1.15 bits per heavy atom. The van der Waals surface area contributed by atoms with Crippen LogP contribution in [0, 0.1) is 0 Å². The van der Waals surface area contributed by atoms with Crippen LogP contribution in [-0.4, -0.2) is 20.9 Å². The Kier molecular flexibility index (Phi) is 4.94.